The number of ether oxygens (including phenoxy) is 1. The van der Waals surface area contributed by atoms with Gasteiger partial charge in [0, 0.05) is 16.4 Å². The van der Waals surface area contributed by atoms with Gasteiger partial charge in [0.1, 0.15) is 11.8 Å². The van der Waals surface area contributed by atoms with Gasteiger partial charge in [-0.1, -0.05) is 23.2 Å². The molecule has 0 spiro atoms. The van der Waals surface area contributed by atoms with E-state index in [0.717, 1.165) is 10.6 Å². The Kier molecular flexibility index (Phi) is 8.40. The number of nitrogens with zero attached hydrogens (tertiary/aromatic N) is 1. The van der Waals surface area contributed by atoms with Crippen LogP contribution in [0.3, 0.4) is 0 Å². The molecular formula is C23H23Cl2N3O6S2. The molecule has 0 aliphatic heterocycles. The molecule has 0 aliphatic carbocycles. The van der Waals surface area contributed by atoms with E-state index in [-0.39, 0.29) is 21.3 Å². The zero-order chi connectivity index (χ0) is 26.7. The lowest BCUT2D eigenvalue weighted by molar-refractivity contribution is -0.116. The van der Waals surface area contributed by atoms with Crippen molar-refractivity contribution in [3.8, 4) is 5.75 Å². The Hall–Kier alpha value is -2.99. The highest BCUT2D eigenvalue weighted by Crippen LogP contribution is 2.31. The van der Waals surface area contributed by atoms with Gasteiger partial charge in [-0.25, -0.2) is 16.8 Å². The molecule has 13 heteroatoms. The fourth-order valence-electron chi connectivity index (χ4n) is 3.30. The predicted molar refractivity (Wildman–Crippen MR) is 142 cm³/mol. The van der Waals surface area contributed by atoms with Gasteiger partial charge < -0.3 is 10.1 Å². The van der Waals surface area contributed by atoms with Crippen LogP contribution < -0.4 is 19.1 Å². The van der Waals surface area contributed by atoms with Crippen molar-refractivity contribution >= 4 is 66.2 Å². The molecule has 1 amide bonds. The maximum atomic E-state index is 12.9. The number of carbonyl (C=O) groups is 1. The molecule has 0 unspecified atom stereocenters. The Morgan fingerprint density at radius 3 is 2.03 bits per heavy atom. The van der Waals surface area contributed by atoms with Crippen molar-refractivity contribution in [1.82, 2.24) is 0 Å². The number of benzene rings is 3. The summed E-state index contributed by atoms with van der Waals surface area (Å²) in [5, 5.41) is 3.25. The normalized spacial score (nSPS) is 12.5. The Bertz CT molecular complexity index is 1460. The average molecular weight is 572 g/mol. The van der Waals surface area contributed by atoms with Crippen LogP contribution in [-0.2, 0) is 24.8 Å². The lowest BCUT2D eigenvalue weighted by Crippen LogP contribution is -2.45. The van der Waals surface area contributed by atoms with E-state index in [0.29, 0.717) is 16.5 Å². The minimum atomic E-state index is -3.88. The average Bonchev–Trinajstić information content (AvgIpc) is 2.80. The van der Waals surface area contributed by atoms with Gasteiger partial charge >= 0.3 is 0 Å². The molecule has 0 fully saturated rings. The maximum Gasteiger partial charge on any atom is 0.261 e. The van der Waals surface area contributed by atoms with Gasteiger partial charge in [-0.2, -0.15) is 0 Å². The van der Waals surface area contributed by atoms with E-state index in [4.69, 9.17) is 27.9 Å². The molecule has 0 radical (unpaired) electrons. The number of rotatable bonds is 9. The summed E-state index contributed by atoms with van der Waals surface area (Å²) < 4.78 is 58.7. The third kappa shape index (κ3) is 6.61. The highest BCUT2D eigenvalue weighted by Gasteiger charge is 2.30. The standard InChI is InChI=1S/C23H23Cl2N3O6S2/c1-15(28(35(3,30)31)19-10-13-22(34-2)21(25)14-19)23(29)26-17-8-11-20(12-9-17)36(32,33)27-18-6-4-16(24)5-7-18/h4-15,27H,1-3H3,(H,26,29)/t15-/m1/s1. The van der Waals surface area contributed by atoms with Crippen molar-refractivity contribution < 1.29 is 26.4 Å². The molecule has 0 heterocycles. The van der Waals surface area contributed by atoms with Gasteiger partial charge in [0.25, 0.3) is 10.0 Å². The number of nitrogens with one attached hydrogen (secondary N) is 2. The summed E-state index contributed by atoms with van der Waals surface area (Å²) in [6.07, 6.45) is 0.974. The van der Waals surface area contributed by atoms with E-state index in [1.165, 1.54) is 68.6 Å². The molecule has 3 aromatic carbocycles. The minimum absolute atomic E-state index is 0.0332. The zero-order valence-electron chi connectivity index (χ0n) is 19.4. The largest absolute Gasteiger partial charge is 0.495 e. The smallest absolute Gasteiger partial charge is 0.261 e. The van der Waals surface area contributed by atoms with Gasteiger partial charge in [-0.15, -0.1) is 0 Å². The van der Waals surface area contributed by atoms with Crippen LogP contribution in [0.2, 0.25) is 10.0 Å². The van der Waals surface area contributed by atoms with Crippen LogP contribution in [0.1, 0.15) is 6.92 Å². The summed E-state index contributed by atoms with van der Waals surface area (Å²) in [6.45, 7) is 1.42. The monoisotopic (exact) mass is 571 g/mol. The molecule has 36 heavy (non-hydrogen) atoms. The SMILES string of the molecule is COc1ccc(N([C@H](C)C(=O)Nc2ccc(S(=O)(=O)Nc3ccc(Cl)cc3)cc2)S(C)(=O)=O)cc1Cl. The summed E-state index contributed by atoms with van der Waals surface area (Å²) in [6, 6.07) is 14.8. The van der Waals surface area contributed by atoms with Crippen molar-refractivity contribution in [3.63, 3.8) is 0 Å². The first-order valence-corrected chi connectivity index (χ1v) is 14.4. The summed E-state index contributed by atoms with van der Waals surface area (Å²) >= 11 is 12.0. The van der Waals surface area contributed by atoms with E-state index in [2.05, 4.69) is 10.0 Å². The Labute approximate surface area is 220 Å². The number of anilines is 3. The predicted octanol–water partition coefficient (Wildman–Crippen LogP) is 4.60. The molecule has 0 aromatic heterocycles. The van der Waals surface area contributed by atoms with Gasteiger partial charge in [-0.05, 0) is 73.7 Å². The Balaban J connectivity index is 1.77. The van der Waals surface area contributed by atoms with Crippen molar-refractivity contribution in [1.29, 1.82) is 0 Å². The fourth-order valence-corrected chi connectivity index (χ4v) is 5.90. The molecule has 0 saturated carbocycles. The molecule has 2 N–H and O–H groups in total. The van der Waals surface area contributed by atoms with Crippen LogP contribution in [-0.4, -0.2) is 42.2 Å². The quantitative estimate of drug-likeness (QED) is 0.387. The Morgan fingerprint density at radius 1 is 0.917 bits per heavy atom. The highest BCUT2D eigenvalue weighted by atomic mass is 35.5. The maximum absolute atomic E-state index is 12.9. The molecule has 3 rings (SSSR count). The zero-order valence-corrected chi connectivity index (χ0v) is 22.5. The van der Waals surface area contributed by atoms with Crippen molar-refractivity contribution in [3.05, 3.63) is 76.8 Å². The van der Waals surface area contributed by atoms with E-state index in [9.17, 15) is 21.6 Å². The number of amides is 1. The van der Waals surface area contributed by atoms with Crippen LogP contribution in [0.5, 0.6) is 5.75 Å². The molecule has 1 atom stereocenters. The number of hydrogen-bond donors (Lipinski definition) is 2. The van der Waals surface area contributed by atoms with Gasteiger partial charge in [0.15, 0.2) is 0 Å². The second kappa shape index (κ2) is 11.0. The van der Waals surface area contributed by atoms with E-state index in [1.54, 1.807) is 12.1 Å². The Morgan fingerprint density at radius 2 is 1.50 bits per heavy atom. The first-order valence-electron chi connectivity index (χ1n) is 10.3. The van der Waals surface area contributed by atoms with Gasteiger partial charge in [-0.3, -0.25) is 13.8 Å². The number of halogens is 2. The van der Waals surface area contributed by atoms with Crippen molar-refractivity contribution in [2.75, 3.05) is 27.7 Å². The highest BCUT2D eigenvalue weighted by molar-refractivity contribution is 7.92. The summed E-state index contributed by atoms with van der Waals surface area (Å²) in [5.41, 5.74) is 0.796. The number of sulfonamides is 2. The fraction of sp³-hybridized carbons (Fsp3) is 0.174. The van der Waals surface area contributed by atoms with E-state index >= 15 is 0 Å². The number of methoxy groups -OCH3 is 1. The lowest BCUT2D eigenvalue weighted by atomic mass is 10.2. The lowest BCUT2D eigenvalue weighted by Gasteiger charge is -2.28. The summed E-state index contributed by atoms with van der Waals surface area (Å²) in [7, 11) is -6.33. The van der Waals surface area contributed by atoms with Crippen LogP contribution >= 0.6 is 23.2 Å². The van der Waals surface area contributed by atoms with Gasteiger partial charge in [0.2, 0.25) is 15.9 Å². The number of hydrogen-bond acceptors (Lipinski definition) is 6. The third-order valence-corrected chi connectivity index (χ3v) is 8.19. The van der Waals surface area contributed by atoms with Crippen LogP contribution in [0.25, 0.3) is 0 Å². The molecule has 9 nitrogen and oxygen atoms in total. The van der Waals surface area contributed by atoms with Gasteiger partial charge in [0.05, 0.1) is 29.0 Å². The molecule has 0 bridgehead atoms. The number of carbonyl (C=O) groups excluding carboxylic acids is 1. The summed E-state index contributed by atoms with van der Waals surface area (Å²) in [4.78, 5) is 12.9. The topological polar surface area (TPSA) is 122 Å². The van der Waals surface area contributed by atoms with Crippen LogP contribution in [0, 0.1) is 0 Å². The molecule has 0 saturated heterocycles. The minimum Gasteiger partial charge on any atom is -0.495 e. The second-order valence-electron chi connectivity index (χ2n) is 7.68. The first-order chi connectivity index (χ1) is 16.8. The third-order valence-electron chi connectivity index (χ3n) is 5.01. The first kappa shape index (κ1) is 27.6. The molecule has 3 aromatic rings. The van der Waals surface area contributed by atoms with E-state index in [1.807, 2.05) is 0 Å². The molecular weight excluding hydrogens is 549 g/mol. The van der Waals surface area contributed by atoms with Crippen molar-refractivity contribution in [2.24, 2.45) is 0 Å². The van der Waals surface area contributed by atoms with Crippen LogP contribution in [0.4, 0.5) is 17.1 Å². The molecule has 0 aliphatic rings. The second-order valence-corrected chi connectivity index (χ2v) is 12.1. The van der Waals surface area contributed by atoms with Crippen molar-refractivity contribution in [2.45, 2.75) is 17.9 Å². The van der Waals surface area contributed by atoms with Crippen LogP contribution in [0.15, 0.2) is 71.6 Å². The van der Waals surface area contributed by atoms with E-state index < -0.39 is 32.0 Å². The summed E-state index contributed by atoms with van der Waals surface area (Å²) in [5.74, 6) is -0.283. The molecule has 192 valence electrons.